The van der Waals surface area contributed by atoms with Crippen LogP contribution in [0.2, 0.25) is 0 Å². The van der Waals surface area contributed by atoms with Crippen LogP contribution in [0, 0.1) is 17.2 Å². The number of benzene rings is 1. The number of carbonyl (C=O) groups excluding carboxylic acids is 1. The van der Waals surface area contributed by atoms with Crippen LogP contribution >= 0.6 is 0 Å². The average Bonchev–Trinajstić information content (AvgIpc) is 2.35. The molecular formula is C12H12N2O3. The maximum atomic E-state index is 11.3. The number of amides is 1. The van der Waals surface area contributed by atoms with Gasteiger partial charge in [0.1, 0.15) is 5.92 Å². The molecule has 5 heteroatoms. The first-order valence-electron chi connectivity index (χ1n) is 5.02. The Kier molecular flexibility index (Phi) is 4.23. The van der Waals surface area contributed by atoms with Gasteiger partial charge in [-0.15, -0.1) is 0 Å². The highest BCUT2D eigenvalue weighted by Gasteiger charge is 2.25. The summed E-state index contributed by atoms with van der Waals surface area (Å²) in [5.41, 5.74) is 1.21. The summed E-state index contributed by atoms with van der Waals surface area (Å²) in [4.78, 5) is 22.3. The first-order chi connectivity index (χ1) is 8.08. The van der Waals surface area contributed by atoms with Gasteiger partial charge in [-0.25, -0.2) is 0 Å². The zero-order valence-electron chi connectivity index (χ0n) is 9.30. The molecule has 0 aliphatic heterocycles. The van der Waals surface area contributed by atoms with Crippen LogP contribution in [0.5, 0.6) is 0 Å². The summed E-state index contributed by atoms with van der Waals surface area (Å²) in [5, 5.41) is 19.9. The number of hydrogen-bond acceptors (Lipinski definition) is 3. The van der Waals surface area contributed by atoms with E-state index in [0.717, 1.165) is 0 Å². The SMILES string of the molecule is CNC(=O)C(Cc1ccc(C#N)cc1)C(=O)O. The number of nitrogens with one attached hydrogen (secondary N) is 1. The zero-order chi connectivity index (χ0) is 12.8. The van der Waals surface area contributed by atoms with Crippen molar-refractivity contribution in [1.29, 1.82) is 5.26 Å². The molecule has 2 N–H and O–H groups in total. The second-order valence-electron chi connectivity index (χ2n) is 3.52. The van der Waals surface area contributed by atoms with Crippen molar-refractivity contribution < 1.29 is 14.7 Å². The van der Waals surface area contributed by atoms with Gasteiger partial charge in [0.15, 0.2) is 0 Å². The molecule has 5 nitrogen and oxygen atoms in total. The Hall–Kier alpha value is -2.35. The molecule has 0 radical (unpaired) electrons. The second-order valence-corrected chi connectivity index (χ2v) is 3.52. The van der Waals surface area contributed by atoms with Crippen LogP contribution in [0.15, 0.2) is 24.3 Å². The topological polar surface area (TPSA) is 90.2 Å². The fourth-order valence-corrected chi connectivity index (χ4v) is 1.42. The molecule has 1 aromatic carbocycles. The zero-order valence-corrected chi connectivity index (χ0v) is 9.30. The Morgan fingerprint density at radius 1 is 1.41 bits per heavy atom. The Bertz CT molecular complexity index is 460. The van der Waals surface area contributed by atoms with E-state index in [-0.39, 0.29) is 6.42 Å². The largest absolute Gasteiger partial charge is 0.481 e. The minimum atomic E-state index is -1.16. The maximum absolute atomic E-state index is 11.3. The van der Waals surface area contributed by atoms with Crippen LogP contribution in [0.1, 0.15) is 11.1 Å². The highest BCUT2D eigenvalue weighted by atomic mass is 16.4. The third-order valence-corrected chi connectivity index (χ3v) is 2.38. The number of nitriles is 1. The van der Waals surface area contributed by atoms with Gasteiger partial charge in [-0.1, -0.05) is 12.1 Å². The molecule has 1 rings (SSSR count). The molecule has 0 aliphatic rings. The summed E-state index contributed by atoms with van der Waals surface area (Å²) in [7, 11) is 1.40. The van der Waals surface area contributed by atoms with Crippen LogP contribution in [0.3, 0.4) is 0 Å². The number of carboxylic acid groups (broad SMARTS) is 1. The number of rotatable bonds is 4. The molecule has 0 aromatic heterocycles. The minimum absolute atomic E-state index is 0.112. The molecule has 0 spiro atoms. The molecule has 0 heterocycles. The smallest absolute Gasteiger partial charge is 0.316 e. The molecule has 0 aliphatic carbocycles. The van der Waals surface area contributed by atoms with E-state index in [1.165, 1.54) is 7.05 Å². The van der Waals surface area contributed by atoms with Crippen molar-refractivity contribution in [2.45, 2.75) is 6.42 Å². The van der Waals surface area contributed by atoms with Crippen LogP contribution in [-0.4, -0.2) is 24.0 Å². The molecule has 0 bridgehead atoms. The van der Waals surface area contributed by atoms with Gasteiger partial charge in [0.2, 0.25) is 5.91 Å². The number of aliphatic carboxylic acids is 1. The summed E-state index contributed by atoms with van der Waals surface area (Å²) in [5.74, 6) is -2.79. The lowest BCUT2D eigenvalue weighted by molar-refractivity contribution is -0.146. The number of nitrogens with zero attached hydrogens (tertiary/aromatic N) is 1. The highest BCUT2D eigenvalue weighted by molar-refractivity contribution is 5.97. The maximum Gasteiger partial charge on any atom is 0.316 e. The molecule has 1 aromatic rings. The van der Waals surface area contributed by atoms with E-state index in [1.807, 2.05) is 6.07 Å². The number of carboxylic acids is 1. The van der Waals surface area contributed by atoms with Crippen LogP contribution in [0.25, 0.3) is 0 Å². The van der Waals surface area contributed by atoms with Crippen molar-refractivity contribution in [3.05, 3.63) is 35.4 Å². The molecule has 0 saturated carbocycles. The molecule has 88 valence electrons. The fraction of sp³-hybridized carbons (Fsp3) is 0.250. The van der Waals surface area contributed by atoms with E-state index >= 15 is 0 Å². The van der Waals surface area contributed by atoms with E-state index in [2.05, 4.69) is 5.32 Å². The Morgan fingerprint density at radius 3 is 2.41 bits per heavy atom. The number of carbonyl (C=O) groups is 2. The quantitative estimate of drug-likeness (QED) is 0.741. The number of hydrogen-bond donors (Lipinski definition) is 2. The Balaban J connectivity index is 2.83. The normalized spacial score (nSPS) is 11.3. The van der Waals surface area contributed by atoms with E-state index in [0.29, 0.717) is 11.1 Å². The van der Waals surface area contributed by atoms with E-state index < -0.39 is 17.8 Å². The van der Waals surface area contributed by atoms with Crippen molar-refractivity contribution >= 4 is 11.9 Å². The van der Waals surface area contributed by atoms with Gasteiger partial charge in [-0.05, 0) is 24.1 Å². The van der Waals surface area contributed by atoms with E-state index in [4.69, 9.17) is 10.4 Å². The molecule has 1 unspecified atom stereocenters. The van der Waals surface area contributed by atoms with Crippen molar-refractivity contribution in [2.75, 3.05) is 7.05 Å². The third-order valence-electron chi connectivity index (χ3n) is 2.38. The van der Waals surface area contributed by atoms with Gasteiger partial charge in [-0.2, -0.15) is 5.26 Å². The average molecular weight is 232 g/mol. The van der Waals surface area contributed by atoms with Crippen LogP contribution in [-0.2, 0) is 16.0 Å². The van der Waals surface area contributed by atoms with Gasteiger partial charge in [-0.3, -0.25) is 9.59 Å². The molecule has 0 saturated heterocycles. The predicted octanol–water partition coefficient (Wildman–Crippen LogP) is 0.548. The van der Waals surface area contributed by atoms with Gasteiger partial charge < -0.3 is 10.4 Å². The molecule has 1 atom stereocenters. The summed E-state index contributed by atoms with van der Waals surface area (Å²) in [6.45, 7) is 0. The Labute approximate surface area is 98.7 Å². The summed E-state index contributed by atoms with van der Waals surface area (Å²) < 4.78 is 0. The lowest BCUT2D eigenvalue weighted by Gasteiger charge is -2.10. The Morgan fingerprint density at radius 2 is 2.00 bits per heavy atom. The van der Waals surface area contributed by atoms with E-state index in [1.54, 1.807) is 24.3 Å². The van der Waals surface area contributed by atoms with Gasteiger partial charge in [0.05, 0.1) is 11.6 Å². The molecule has 0 fully saturated rings. The fourth-order valence-electron chi connectivity index (χ4n) is 1.42. The minimum Gasteiger partial charge on any atom is -0.481 e. The molecular weight excluding hydrogens is 220 g/mol. The first-order valence-corrected chi connectivity index (χ1v) is 5.02. The molecule has 1 amide bonds. The van der Waals surface area contributed by atoms with Crippen molar-refractivity contribution in [2.24, 2.45) is 5.92 Å². The standard InChI is InChI=1S/C12H12N2O3/c1-14-11(15)10(12(16)17)6-8-2-4-9(7-13)5-3-8/h2-5,10H,6H2,1H3,(H,14,15)(H,16,17). The van der Waals surface area contributed by atoms with Crippen LogP contribution < -0.4 is 5.32 Å². The van der Waals surface area contributed by atoms with Crippen molar-refractivity contribution in [3.8, 4) is 6.07 Å². The lowest BCUT2D eigenvalue weighted by Crippen LogP contribution is -2.34. The second kappa shape index (κ2) is 5.66. The summed E-state index contributed by atoms with van der Waals surface area (Å²) in [6, 6.07) is 8.46. The van der Waals surface area contributed by atoms with Gasteiger partial charge in [0.25, 0.3) is 0 Å². The summed E-state index contributed by atoms with van der Waals surface area (Å²) in [6.07, 6.45) is 0.112. The third kappa shape index (κ3) is 3.31. The predicted molar refractivity (Wildman–Crippen MR) is 60.1 cm³/mol. The monoisotopic (exact) mass is 232 g/mol. The van der Waals surface area contributed by atoms with Crippen molar-refractivity contribution in [1.82, 2.24) is 5.32 Å². The van der Waals surface area contributed by atoms with Gasteiger partial charge in [0, 0.05) is 7.05 Å². The molecule has 17 heavy (non-hydrogen) atoms. The first kappa shape index (κ1) is 12.7. The lowest BCUT2D eigenvalue weighted by atomic mass is 9.98. The van der Waals surface area contributed by atoms with Gasteiger partial charge >= 0.3 is 5.97 Å². The van der Waals surface area contributed by atoms with Crippen LogP contribution in [0.4, 0.5) is 0 Å². The van der Waals surface area contributed by atoms with E-state index in [9.17, 15) is 9.59 Å². The highest BCUT2D eigenvalue weighted by Crippen LogP contribution is 2.11. The summed E-state index contributed by atoms with van der Waals surface area (Å²) >= 11 is 0. The van der Waals surface area contributed by atoms with Crippen molar-refractivity contribution in [3.63, 3.8) is 0 Å².